The minimum atomic E-state index is -0.890. The van der Waals surface area contributed by atoms with Gasteiger partial charge in [-0.3, -0.25) is 4.79 Å². The van der Waals surface area contributed by atoms with E-state index in [4.69, 9.17) is 4.74 Å². The third-order valence-corrected chi connectivity index (χ3v) is 3.73. The summed E-state index contributed by atoms with van der Waals surface area (Å²) in [6, 6.07) is -0.507. The number of carbonyl (C=O) groups is 2. The Hall–Kier alpha value is -1.30. The fourth-order valence-electron chi connectivity index (χ4n) is 2.40. The fraction of sp³-hybridized carbons (Fsp3) is 0.846. The summed E-state index contributed by atoms with van der Waals surface area (Å²) in [7, 11) is 0. The van der Waals surface area contributed by atoms with Gasteiger partial charge < -0.3 is 20.1 Å². The molecule has 0 aromatic carbocycles. The molecule has 0 aromatic rings. The largest absolute Gasteiger partial charge is 0.481 e. The van der Waals surface area contributed by atoms with Crippen molar-refractivity contribution >= 4 is 12.0 Å². The molecule has 2 aliphatic rings. The van der Waals surface area contributed by atoms with Gasteiger partial charge in [-0.2, -0.15) is 0 Å². The Balaban J connectivity index is 1.96. The molecule has 2 N–H and O–H groups in total. The van der Waals surface area contributed by atoms with Crippen LogP contribution in [-0.2, 0) is 9.53 Å². The monoisotopic (exact) mass is 270 g/mol. The van der Waals surface area contributed by atoms with E-state index in [2.05, 4.69) is 5.32 Å². The summed E-state index contributed by atoms with van der Waals surface area (Å²) in [5.41, 5.74) is 0. The van der Waals surface area contributed by atoms with E-state index in [1.165, 1.54) is 12.8 Å². The first-order chi connectivity index (χ1) is 9.13. The van der Waals surface area contributed by atoms with Gasteiger partial charge in [0.2, 0.25) is 0 Å². The molecular formula is C13H22N2O4. The Morgan fingerprint density at radius 1 is 1.37 bits per heavy atom. The molecule has 1 saturated heterocycles. The number of ether oxygens (including phenoxy) is 1. The lowest BCUT2D eigenvalue weighted by molar-refractivity contribution is -0.142. The van der Waals surface area contributed by atoms with E-state index in [9.17, 15) is 14.7 Å². The van der Waals surface area contributed by atoms with Crippen LogP contribution in [0.4, 0.5) is 4.79 Å². The van der Waals surface area contributed by atoms with E-state index in [1.807, 2.05) is 6.92 Å². The third kappa shape index (κ3) is 3.59. The van der Waals surface area contributed by atoms with Gasteiger partial charge in [0.05, 0.1) is 19.3 Å². The van der Waals surface area contributed by atoms with Crippen molar-refractivity contribution in [3.05, 3.63) is 0 Å². The van der Waals surface area contributed by atoms with Crippen LogP contribution in [0, 0.1) is 11.8 Å². The highest BCUT2D eigenvalue weighted by molar-refractivity contribution is 5.77. The Kier molecular flexibility index (Phi) is 4.63. The molecule has 0 aromatic heterocycles. The molecule has 19 heavy (non-hydrogen) atoms. The molecule has 108 valence electrons. The molecule has 2 amide bonds. The van der Waals surface area contributed by atoms with Crippen molar-refractivity contribution in [2.24, 2.45) is 11.8 Å². The van der Waals surface area contributed by atoms with Crippen molar-refractivity contribution in [1.82, 2.24) is 10.2 Å². The maximum Gasteiger partial charge on any atom is 0.317 e. The van der Waals surface area contributed by atoms with Crippen molar-refractivity contribution in [3.63, 3.8) is 0 Å². The van der Waals surface area contributed by atoms with Crippen molar-refractivity contribution in [2.75, 3.05) is 26.3 Å². The summed E-state index contributed by atoms with van der Waals surface area (Å²) in [5, 5.41) is 12.1. The van der Waals surface area contributed by atoms with Gasteiger partial charge in [-0.1, -0.05) is 6.92 Å². The van der Waals surface area contributed by atoms with Crippen molar-refractivity contribution in [3.8, 4) is 0 Å². The van der Waals surface area contributed by atoms with E-state index >= 15 is 0 Å². The molecule has 1 heterocycles. The second-order valence-corrected chi connectivity index (χ2v) is 5.37. The van der Waals surface area contributed by atoms with Gasteiger partial charge in [-0.15, -0.1) is 0 Å². The molecule has 2 unspecified atom stereocenters. The van der Waals surface area contributed by atoms with Gasteiger partial charge in [0.25, 0.3) is 0 Å². The van der Waals surface area contributed by atoms with Gasteiger partial charge in [-0.05, 0) is 25.2 Å². The third-order valence-electron chi connectivity index (χ3n) is 3.73. The Morgan fingerprint density at radius 2 is 2.11 bits per heavy atom. The number of urea groups is 1. The van der Waals surface area contributed by atoms with Crippen LogP contribution in [0.25, 0.3) is 0 Å². The van der Waals surface area contributed by atoms with Crippen LogP contribution in [0.3, 0.4) is 0 Å². The number of aliphatic carboxylic acids is 1. The summed E-state index contributed by atoms with van der Waals surface area (Å²) < 4.78 is 5.24. The van der Waals surface area contributed by atoms with E-state index in [-0.39, 0.29) is 18.7 Å². The van der Waals surface area contributed by atoms with Crippen LogP contribution in [-0.4, -0.2) is 54.4 Å². The van der Waals surface area contributed by atoms with Crippen LogP contribution < -0.4 is 5.32 Å². The van der Waals surface area contributed by atoms with Crippen LogP contribution >= 0.6 is 0 Å². The number of carbonyl (C=O) groups excluding carboxylic acids is 1. The Bertz CT molecular complexity index is 344. The standard InChI is InChI=1S/C13H22N2O4/c1-2-5-15(13(18)14-6-9-3-4-9)11-8-19-7-10(11)12(16)17/h9-11H,2-8H2,1H3,(H,14,18)(H,16,17). The number of carboxylic acids is 1. The molecule has 6 nitrogen and oxygen atoms in total. The van der Waals surface area contributed by atoms with E-state index in [0.717, 1.165) is 6.42 Å². The molecular weight excluding hydrogens is 248 g/mol. The number of carboxylic acid groups (broad SMARTS) is 1. The number of nitrogens with zero attached hydrogens (tertiary/aromatic N) is 1. The van der Waals surface area contributed by atoms with Crippen LogP contribution in [0.5, 0.6) is 0 Å². The van der Waals surface area contributed by atoms with Gasteiger partial charge in [-0.25, -0.2) is 4.79 Å². The first-order valence-corrected chi connectivity index (χ1v) is 6.98. The quantitative estimate of drug-likeness (QED) is 0.752. The summed E-state index contributed by atoms with van der Waals surface area (Å²) in [4.78, 5) is 25.0. The van der Waals surface area contributed by atoms with Crippen LogP contribution in [0.15, 0.2) is 0 Å². The number of amides is 2. The normalized spacial score (nSPS) is 26.2. The fourth-order valence-corrected chi connectivity index (χ4v) is 2.40. The van der Waals surface area contributed by atoms with Gasteiger partial charge in [0.1, 0.15) is 5.92 Å². The highest BCUT2D eigenvalue weighted by atomic mass is 16.5. The molecule has 1 aliphatic carbocycles. The summed E-state index contributed by atoms with van der Waals surface area (Å²) >= 11 is 0. The van der Waals surface area contributed by atoms with Crippen molar-refractivity contribution in [2.45, 2.75) is 32.2 Å². The average Bonchev–Trinajstić information content (AvgIpc) is 3.08. The zero-order chi connectivity index (χ0) is 13.8. The highest BCUT2D eigenvalue weighted by Crippen LogP contribution is 2.28. The zero-order valence-electron chi connectivity index (χ0n) is 11.3. The predicted octanol–water partition coefficient (Wildman–Crippen LogP) is 0.918. The Labute approximate surface area is 113 Å². The zero-order valence-corrected chi connectivity index (χ0v) is 11.3. The number of rotatable bonds is 6. The molecule has 6 heteroatoms. The van der Waals surface area contributed by atoms with E-state index in [0.29, 0.717) is 25.6 Å². The number of hydrogen-bond donors (Lipinski definition) is 2. The SMILES string of the molecule is CCCN(C(=O)NCC1CC1)C1COCC1C(=O)O. The maximum absolute atomic E-state index is 12.2. The van der Waals surface area contributed by atoms with E-state index in [1.54, 1.807) is 4.90 Å². The van der Waals surface area contributed by atoms with Gasteiger partial charge >= 0.3 is 12.0 Å². The lowest BCUT2D eigenvalue weighted by atomic mass is 10.0. The molecule has 0 radical (unpaired) electrons. The van der Waals surface area contributed by atoms with Crippen LogP contribution in [0.2, 0.25) is 0 Å². The summed E-state index contributed by atoms with van der Waals surface area (Å²) in [6.07, 6.45) is 3.16. The molecule has 2 fully saturated rings. The lowest BCUT2D eigenvalue weighted by Gasteiger charge is -2.30. The molecule has 0 spiro atoms. The smallest absolute Gasteiger partial charge is 0.317 e. The van der Waals surface area contributed by atoms with E-state index < -0.39 is 11.9 Å². The molecule has 1 saturated carbocycles. The first kappa shape index (κ1) is 14.1. The summed E-state index contributed by atoms with van der Waals surface area (Å²) in [5.74, 6) is -0.889. The minimum Gasteiger partial charge on any atom is -0.481 e. The van der Waals surface area contributed by atoms with Gasteiger partial charge in [0.15, 0.2) is 0 Å². The summed E-state index contributed by atoms with van der Waals surface area (Å²) in [6.45, 7) is 3.75. The molecule has 2 atom stereocenters. The molecule has 2 rings (SSSR count). The number of nitrogens with one attached hydrogen (secondary N) is 1. The van der Waals surface area contributed by atoms with Crippen molar-refractivity contribution < 1.29 is 19.4 Å². The van der Waals surface area contributed by atoms with Crippen molar-refractivity contribution in [1.29, 1.82) is 0 Å². The second kappa shape index (κ2) is 6.23. The highest BCUT2D eigenvalue weighted by Gasteiger charge is 2.40. The topological polar surface area (TPSA) is 78.9 Å². The second-order valence-electron chi connectivity index (χ2n) is 5.37. The number of hydrogen-bond acceptors (Lipinski definition) is 3. The molecule has 1 aliphatic heterocycles. The first-order valence-electron chi connectivity index (χ1n) is 6.98. The molecule has 0 bridgehead atoms. The van der Waals surface area contributed by atoms with Gasteiger partial charge in [0, 0.05) is 13.1 Å². The lowest BCUT2D eigenvalue weighted by Crippen LogP contribution is -2.51. The minimum absolute atomic E-state index is 0.157. The Morgan fingerprint density at radius 3 is 2.68 bits per heavy atom. The predicted molar refractivity (Wildman–Crippen MR) is 68.9 cm³/mol. The average molecular weight is 270 g/mol. The maximum atomic E-state index is 12.2. The van der Waals surface area contributed by atoms with Crippen LogP contribution in [0.1, 0.15) is 26.2 Å².